The van der Waals surface area contributed by atoms with Gasteiger partial charge in [0.1, 0.15) is 4.83 Å². The molecule has 0 bridgehead atoms. The third-order valence-electron chi connectivity index (χ3n) is 5.94. The number of ether oxygens (including phenoxy) is 1. The van der Waals surface area contributed by atoms with E-state index in [-0.39, 0.29) is 11.1 Å². The molecular weight excluding hydrogens is 548 g/mol. The lowest BCUT2D eigenvalue weighted by molar-refractivity contribution is 0.183. The predicted molar refractivity (Wildman–Crippen MR) is 153 cm³/mol. The van der Waals surface area contributed by atoms with E-state index >= 15 is 0 Å². The fraction of sp³-hybridized carbons (Fsp3) is 0.154. The molecule has 37 heavy (non-hydrogen) atoms. The first-order valence-electron chi connectivity index (χ1n) is 11.3. The molecule has 4 heterocycles. The molecule has 0 aliphatic carbocycles. The van der Waals surface area contributed by atoms with Crippen molar-refractivity contribution >= 4 is 71.4 Å². The molecule has 186 valence electrons. The quantitative estimate of drug-likeness (QED) is 0.176. The smallest absolute Gasteiger partial charge is 0.263 e. The highest BCUT2D eigenvalue weighted by Gasteiger charge is 2.19. The Hall–Kier alpha value is -3.02. The maximum Gasteiger partial charge on any atom is 0.263 e. The van der Waals surface area contributed by atoms with Crippen LogP contribution in [0.2, 0.25) is 5.02 Å². The lowest BCUT2D eigenvalue weighted by atomic mass is 10.1. The Balaban J connectivity index is 1.40. The van der Waals surface area contributed by atoms with Gasteiger partial charge in [0.15, 0.2) is 10.1 Å². The number of aromatic nitrogens is 4. The van der Waals surface area contributed by atoms with Gasteiger partial charge in [0, 0.05) is 40.5 Å². The summed E-state index contributed by atoms with van der Waals surface area (Å²) in [5, 5.41) is 3.60. The molecule has 0 unspecified atom stereocenters. The van der Waals surface area contributed by atoms with E-state index < -0.39 is 0 Å². The Kier molecular flexibility index (Phi) is 6.60. The molecule has 0 atom stereocenters. The molecule has 0 fully saturated rings. The molecule has 0 radical (unpaired) electrons. The van der Waals surface area contributed by atoms with Crippen molar-refractivity contribution in [2.24, 2.45) is 0 Å². The molecule has 0 aliphatic rings. The van der Waals surface area contributed by atoms with E-state index in [0.717, 1.165) is 21.3 Å². The van der Waals surface area contributed by atoms with Gasteiger partial charge in [0.2, 0.25) is 0 Å². The number of thiazole rings is 1. The summed E-state index contributed by atoms with van der Waals surface area (Å²) < 4.78 is 9.54. The number of hydrogen-bond donors (Lipinski definition) is 0. The SMILES string of the molecule is COCCn1c(SCc2cc(=O)n3c(n2)sc2ccccc23)nc2scc(-c3ccccc3Cl)c2c1=O. The van der Waals surface area contributed by atoms with E-state index in [1.807, 2.05) is 53.9 Å². The van der Waals surface area contributed by atoms with Crippen LogP contribution in [0.25, 0.3) is 36.5 Å². The first kappa shape index (κ1) is 24.3. The maximum absolute atomic E-state index is 13.7. The van der Waals surface area contributed by atoms with Crippen molar-refractivity contribution in [3.05, 3.63) is 91.4 Å². The fourth-order valence-electron chi connectivity index (χ4n) is 4.21. The van der Waals surface area contributed by atoms with Crippen LogP contribution in [-0.2, 0) is 17.0 Å². The number of halogens is 1. The predicted octanol–water partition coefficient (Wildman–Crippen LogP) is 5.94. The van der Waals surface area contributed by atoms with Gasteiger partial charge in [-0.2, -0.15) is 0 Å². The monoisotopic (exact) mass is 566 g/mol. The third-order valence-corrected chi connectivity index (χ3v) is 9.17. The van der Waals surface area contributed by atoms with Gasteiger partial charge in [-0.1, -0.05) is 65.0 Å². The molecule has 0 aliphatic heterocycles. The van der Waals surface area contributed by atoms with Crippen LogP contribution in [0.1, 0.15) is 5.69 Å². The van der Waals surface area contributed by atoms with E-state index in [0.29, 0.717) is 50.0 Å². The Labute approximate surface area is 228 Å². The van der Waals surface area contributed by atoms with E-state index in [1.165, 1.54) is 34.4 Å². The van der Waals surface area contributed by atoms with Crippen molar-refractivity contribution in [2.45, 2.75) is 17.5 Å². The summed E-state index contributed by atoms with van der Waals surface area (Å²) in [6.07, 6.45) is 0. The molecule has 2 aromatic carbocycles. The van der Waals surface area contributed by atoms with Crippen molar-refractivity contribution in [1.82, 2.24) is 18.9 Å². The van der Waals surface area contributed by atoms with Crippen LogP contribution >= 0.6 is 46.0 Å². The zero-order valence-electron chi connectivity index (χ0n) is 19.5. The highest BCUT2D eigenvalue weighted by atomic mass is 35.5. The summed E-state index contributed by atoms with van der Waals surface area (Å²) in [6, 6.07) is 16.8. The van der Waals surface area contributed by atoms with Crippen molar-refractivity contribution < 1.29 is 4.74 Å². The number of benzene rings is 2. The zero-order valence-corrected chi connectivity index (χ0v) is 22.7. The second-order valence-electron chi connectivity index (χ2n) is 8.22. The van der Waals surface area contributed by atoms with E-state index in [2.05, 4.69) is 0 Å². The number of para-hydroxylation sites is 1. The van der Waals surface area contributed by atoms with Crippen molar-refractivity contribution in [3.63, 3.8) is 0 Å². The molecule has 0 spiro atoms. The second-order valence-corrected chi connectivity index (χ2v) is 11.4. The lowest BCUT2D eigenvalue weighted by Gasteiger charge is -2.12. The summed E-state index contributed by atoms with van der Waals surface area (Å²) in [5.41, 5.74) is 2.79. The minimum Gasteiger partial charge on any atom is -0.383 e. The minimum absolute atomic E-state index is 0.124. The highest BCUT2D eigenvalue weighted by Crippen LogP contribution is 2.36. The first-order valence-corrected chi connectivity index (χ1v) is 14.4. The number of nitrogens with zero attached hydrogens (tertiary/aromatic N) is 4. The first-order chi connectivity index (χ1) is 18.0. The molecule has 7 nitrogen and oxygen atoms in total. The van der Waals surface area contributed by atoms with Gasteiger partial charge < -0.3 is 4.74 Å². The summed E-state index contributed by atoms with van der Waals surface area (Å²) >= 11 is 10.7. The van der Waals surface area contributed by atoms with Gasteiger partial charge in [-0.15, -0.1) is 11.3 Å². The fourth-order valence-corrected chi connectivity index (χ4v) is 7.39. The number of thiophene rings is 1. The molecule has 0 saturated heterocycles. The molecule has 4 aromatic heterocycles. The number of rotatable bonds is 7. The van der Waals surface area contributed by atoms with Gasteiger partial charge in [-0.3, -0.25) is 18.6 Å². The molecule has 11 heteroatoms. The van der Waals surface area contributed by atoms with Gasteiger partial charge >= 0.3 is 0 Å². The molecule has 0 saturated carbocycles. The Morgan fingerprint density at radius 3 is 2.70 bits per heavy atom. The topological polar surface area (TPSA) is 78.5 Å². The van der Waals surface area contributed by atoms with Crippen LogP contribution in [0, 0.1) is 0 Å². The Morgan fingerprint density at radius 2 is 1.86 bits per heavy atom. The van der Waals surface area contributed by atoms with Gasteiger partial charge in [0.25, 0.3) is 11.1 Å². The molecule has 6 rings (SSSR count). The Bertz CT molecular complexity index is 1910. The maximum atomic E-state index is 13.7. The zero-order chi connectivity index (χ0) is 25.5. The Morgan fingerprint density at radius 1 is 1.05 bits per heavy atom. The summed E-state index contributed by atoms with van der Waals surface area (Å²) in [6.45, 7) is 0.712. The number of hydrogen-bond acceptors (Lipinski definition) is 8. The summed E-state index contributed by atoms with van der Waals surface area (Å²) in [4.78, 5) is 37.5. The summed E-state index contributed by atoms with van der Waals surface area (Å²) in [7, 11) is 1.60. The largest absolute Gasteiger partial charge is 0.383 e. The van der Waals surface area contributed by atoms with E-state index in [1.54, 1.807) is 22.1 Å². The van der Waals surface area contributed by atoms with Crippen molar-refractivity contribution in [3.8, 4) is 11.1 Å². The number of methoxy groups -OCH3 is 1. The molecular formula is C26H19ClN4O3S3. The second kappa shape index (κ2) is 10.0. The van der Waals surface area contributed by atoms with Crippen LogP contribution in [0.5, 0.6) is 0 Å². The molecule has 0 amide bonds. The van der Waals surface area contributed by atoms with Gasteiger partial charge in [0.05, 0.1) is 34.4 Å². The number of thioether (sulfide) groups is 1. The highest BCUT2D eigenvalue weighted by molar-refractivity contribution is 7.98. The van der Waals surface area contributed by atoms with Gasteiger partial charge in [-0.25, -0.2) is 9.97 Å². The average molecular weight is 567 g/mol. The molecule has 6 aromatic rings. The van der Waals surface area contributed by atoms with Crippen LogP contribution < -0.4 is 11.1 Å². The molecule has 0 N–H and O–H groups in total. The normalized spacial score (nSPS) is 11.7. The van der Waals surface area contributed by atoms with Crippen LogP contribution in [-0.4, -0.2) is 32.7 Å². The van der Waals surface area contributed by atoms with Crippen LogP contribution in [0.15, 0.2) is 74.7 Å². The lowest BCUT2D eigenvalue weighted by Crippen LogP contribution is -2.25. The van der Waals surface area contributed by atoms with E-state index in [9.17, 15) is 9.59 Å². The standard InChI is InChI=1S/C26H19ClN4O3S3/c1-34-11-10-30-24(33)22-17(16-6-2-3-7-18(16)27)14-35-23(22)29-25(30)36-13-15-12-21(32)31-19-8-4-5-9-20(19)37-26(31)28-15/h2-9,12,14H,10-11,13H2,1H3. The summed E-state index contributed by atoms with van der Waals surface area (Å²) in [5.74, 6) is 0.396. The third kappa shape index (κ3) is 4.38. The number of fused-ring (bicyclic) bond motifs is 4. The van der Waals surface area contributed by atoms with E-state index in [4.69, 9.17) is 26.3 Å². The van der Waals surface area contributed by atoms with Crippen LogP contribution in [0.4, 0.5) is 0 Å². The van der Waals surface area contributed by atoms with Crippen molar-refractivity contribution in [2.75, 3.05) is 13.7 Å². The van der Waals surface area contributed by atoms with Crippen molar-refractivity contribution in [1.29, 1.82) is 0 Å². The van der Waals surface area contributed by atoms with Crippen LogP contribution in [0.3, 0.4) is 0 Å². The van der Waals surface area contributed by atoms with Gasteiger partial charge in [-0.05, 0) is 18.2 Å². The minimum atomic E-state index is -0.145. The average Bonchev–Trinajstić information content (AvgIpc) is 3.49.